The molecule has 0 amide bonds. The molecule has 0 aliphatic rings. The molecule has 190 valence electrons. The lowest BCUT2D eigenvalue weighted by Crippen LogP contribution is -1.90. The number of aryl methyl sites for hydroxylation is 1. The van der Waals surface area contributed by atoms with Gasteiger partial charge in [-0.2, -0.15) is 0 Å². The van der Waals surface area contributed by atoms with Crippen LogP contribution in [-0.4, -0.2) is 0 Å². The zero-order chi connectivity index (χ0) is 26.6. The van der Waals surface area contributed by atoms with E-state index in [1.807, 2.05) is 22.7 Å². The van der Waals surface area contributed by atoms with Crippen molar-refractivity contribution in [3.8, 4) is 22.3 Å². The Morgan fingerprint density at radius 2 is 1.18 bits per heavy atom. The monoisotopic (exact) mass is 546 g/mol. The van der Waals surface area contributed by atoms with Gasteiger partial charge in [-0.15, -0.1) is 22.7 Å². The Labute approximate surface area is 241 Å². The molecule has 0 aliphatic carbocycles. The van der Waals surface area contributed by atoms with Crippen LogP contribution in [0.5, 0.6) is 0 Å². The van der Waals surface area contributed by atoms with Gasteiger partial charge in [0, 0.05) is 40.3 Å². The molecule has 0 nitrogen and oxygen atoms in total. The molecule has 0 fully saturated rings. The molecule has 0 spiro atoms. The lowest BCUT2D eigenvalue weighted by molar-refractivity contribution is 1.21. The van der Waals surface area contributed by atoms with E-state index in [1.165, 1.54) is 79.3 Å². The second-order valence-corrected chi connectivity index (χ2v) is 12.8. The van der Waals surface area contributed by atoms with Gasteiger partial charge in [-0.25, -0.2) is 0 Å². The van der Waals surface area contributed by atoms with Crippen LogP contribution in [0.3, 0.4) is 0 Å². The van der Waals surface area contributed by atoms with Crippen LogP contribution in [0.2, 0.25) is 0 Å². The van der Waals surface area contributed by atoms with Crippen molar-refractivity contribution >= 4 is 63.0 Å². The van der Waals surface area contributed by atoms with Crippen LogP contribution in [0, 0.1) is 6.92 Å². The molecular weight excluding hydrogens is 521 g/mol. The Kier molecular flexibility index (Phi) is 5.58. The van der Waals surface area contributed by atoms with Gasteiger partial charge in [0.1, 0.15) is 0 Å². The second kappa shape index (κ2) is 9.45. The van der Waals surface area contributed by atoms with Crippen LogP contribution >= 0.6 is 22.7 Å². The van der Waals surface area contributed by atoms with Crippen molar-refractivity contribution in [2.45, 2.75) is 13.3 Å². The predicted molar refractivity (Wildman–Crippen MR) is 177 cm³/mol. The number of fused-ring (bicyclic) bond motifs is 6. The van der Waals surface area contributed by atoms with Crippen molar-refractivity contribution in [1.29, 1.82) is 0 Å². The van der Waals surface area contributed by atoms with Gasteiger partial charge in [0.2, 0.25) is 0 Å². The minimum Gasteiger partial charge on any atom is -0.135 e. The highest BCUT2D eigenvalue weighted by Gasteiger charge is 2.15. The molecule has 0 N–H and O–H groups in total. The van der Waals surface area contributed by atoms with Gasteiger partial charge >= 0.3 is 0 Å². The quantitative estimate of drug-likeness (QED) is 0.206. The maximum atomic E-state index is 2.43. The molecule has 0 radical (unpaired) electrons. The van der Waals surface area contributed by atoms with E-state index in [9.17, 15) is 0 Å². The minimum absolute atomic E-state index is 0.907. The third-order valence-electron chi connectivity index (χ3n) is 7.93. The lowest BCUT2D eigenvalue weighted by atomic mass is 9.94. The SMILES string of the molecule is Cc1ccc2c(c1)sc1cc(Cc3ccc4sc5cccc(-c6ccccc6)c5c4c3)cc(-c3ccccc3)c12. The Hall–Kier alpha value is -4.24. The predicted octanol–water partition coefficient (Wildman–Crippen LogP) is 11.7. The number of rotatable bonds is 4. The molecule has 0 atom stereocenters. The topological polar surface area (TPSA) is 0 Å². The van der Waals surface area contributed by atoms with Crippen LogP contribution in [-0.2, 0) is 6.42 Å². The summed E-state index contributed by atoms with van der Waals surface area (Å²) in [5.74, 6) is 0. The van der Waals surface area contributed by atoms with Crippen LogP contribution in [0.15, 0.2) is 127 Å². The van der Waals surface area contributed by atoms with E-state index in [-0.39, 0.29) is 0 Å². The molecule has 40 heavy (non-hydrogen) atoms. The van der Waals surface area contributed by atoms with Gasteiger partial charge in [-0.3, -0.25) is 0 Å². The molecular formula is C38H26S2. The first kappa shape index (κ1) is 23.6. The zero-order valence-electron chi connectivity index (χ0n) is 22.1. The van der Waals surface area contributed by atoms with Gasteiger partial charge in [0.05, 0.1) is 0 Å². The summed E-state index contributed by atoms with van der Waals surface area (Å²) >= 11 is 3.81. The van der Waals surface area contributed by atoms with Crippen molar-refractivity contribution in [2.75, 3.05) is 0 Å². The van der Waals surface area contributed by atoms with Crippen LogP contribution in [0.25, 0.3) is 62.6 Å². The zero-order valence-corrected chi connectivity index (χ0v) is 23.8. The first-order chi connectivity index (χ1) is 19.7. The van der Waals surface area contributed by atoms with E-state index < -0.39 is 0 Å². The third-order valence-corrected chi connectivity index (χ3v) is 10.2. The summed E-state index contributed by atoms with van der Waals surface area (Å²) in [4.78, 5) is 0. The summed E-state index contributed by atoms with van der Waals surface area (Å²) in [6.45, 7) is 2.18. The van der Waals surface area contributed by atoms with Crippen molar-refractivity contribution in [3.05, 3.63) is 144 Å². The van der Waals surface area contributed by atoms with Gasteiger partial charge < -0.3 is 0 Å². The molecule has 0 bridgehead atoms. The summed E-state index contributed by atoms with van der Waals surface area (Å²) in [5.41, 5.74) is 9.22. The van der Waals surface area contributed by atoms with E-state index in [2.05, 4.69) is 134 Å². The maximum Gasteiger partial charge on any atom is 0.0364 e. The molecule has 0 saturated carbocycles. The fourth-order valence-electron chi connectivity index (χ4n) is 6.10. The van der Waals surface area contributed by atoms with Gasteiger partial charge in [0.15, 0.2) is 0 Å². The molecule has 2 heteroatoms. The largest absolute Gasteiger partial charge is 0.135 e. The number of hydrogen-bond donors (Lipinski definition) is 0. The molecule has 8 rings (SSSR count). The summed E-state index contributed by atoms with van der Waals surface area (Å²) in [5, 5.41) is 5.46. The first-order valence-electron chi connectivity index (χ1n) is 13.7. The fraction of sp³-hybridized carbons (Fsp3) is 0.0526. The lowest BCUT2D eigenvalue weighted by Gasteiger charge is -2.10. The fourth-order valence-corrected chi connectivity index (χ4v) is 8.50. The van der Waals surface area contributed by atoms with Gasteiger partial charge in [-0.1, -0.05) is 97.1 Å². The highest BCUT2D eigenvalue weighted by atomic mass is 32.1. The number of benzene rings is 6. The van der Waals surface area contributed by atoms with E-state index in [4.69, 9.17) is 0 Å². The summed E-state index contributed by atoms with van der Waals surface area (Å²) in [6.07, 6.45) is 0.907. The van der Waals surface area contributed by atoms with Gasteiger partial charge in [-0.05, 0) is 82.6 Å². The Balaban J connectivity index is 1.29. The van der Waals surface area contributed by atoms with E-state index >= 15 is 0 Å². The average Bonchev–Trinajstić information content (AvgIpc) is 3.55. The molecule has 6 aromatic carbocycles. The Morgan fingerprint density at radius 1 is 0.450 bits per heavy atom. The van der Waals surface area contributed by atoms with E-state index in [1.54, 1.807) is 0 Å². The molecule has 0 unspecified atom stereocenters. The molecule has 0 saturated heterocycles. The summed E-state index contributed by atoms with van der Waals surface area (Å²) in [6, 6.07) is 47.2. The van der Waals surface area contributed by atoms with Crippen LogP contribution in [0.4, 0.5) is 0 Å². The number of hydrogen-bond acceptors (Lipinski definition) is 2. The van der Waals surface area contributed by atoms with E-state index in [0.717, 1.165) is 6.42 Å². The average molecular weight is 547 g/mol. The third kappa shape index (κ3) is 3.95. The minimum atomic E-state index is 0.907. The van der Waals surface area contributed by atoms with Crippen molar-refractivity contribution in [3.63, 3.8) is 0 Å². The van der Waals surface area contributed by atoms with Crippen molar-refractivity contribution in [2.24, 2.45) is 0 Å². The molecule has 2 aromatic heterocycles. The molecule has 2 heterocycles. The highest BCUT2D eigenvalue weighted by Crippen LogP contribution is 2.43. The number of thiophene rings is 2. The van der Waals surface area contributed by atoms with Gasteiger partial charge in [0.25, 0.3) is 0 Å². The van der Waals surface area contributed by atoms with Crippen molar-refractivity contribution in [1.82, 2.24) is 0 Å². The summed E-state index contributed by atoms with van der Waals surface area (Å²) < 4.78 is 5.43. The summed E-state index contributed by atoms with van der Waals surface area (Å²) in [7, 11) is 0. The van der Waals surface area contributed by atoms with Crippen LogP contribution in [0.1, 0.15) is 16.7 Å². The highest BCUT2D eigenvalue weighted by molar-refractivity contribution is 7.26. The molecule has 8 aromatic rings. The first-order valence-corrected chi connectivity index (χ1v) is 15.4. The Morgan fingerprint density at radius 3 is 1.98 bits per heavy atom. The smallest absolute Gasteiger partial charge is 0.0364 e. The Bertz CT molecular complexity index is 2180. The standard InChI is InChI=1S/C38H26S2/c1-24-15-17-30-35(19-24)40-36-23-26(22-31(38(30)36)28-11-6-3-7-12-28)20-25-16-18-33-32(21-25)37-29(13-8-14-34(37)39-33)27-9-4-2-5-10-27/h2-19,21-23H,20H2,1H3. The molecule has 0 aliphatic heterocycles. The second-order valence-electron chi connectivity index (χ2n) is 10.6. The van der Waals surface area contributed by atoms with E-state index in [0.29, 0.717) is 0 Å². The normalized spacial score (nSPS) is 11.7. The van der Waals surface area contributed by atoms with Crippen LogP contribution < -0.4 is 0 Å². The van der Waals surface area contributed by atoms with Crippen molar-refractivity contribution < 1.29 is 0 Å². The maximum absolute atomic E-state index is 2.43.